The lowest BCUT2D eigenvalue weighted by atomic mass is 9.88. The molecule has 0 aromatic heterocycles. The van der Waals surface area contributed by atoms with Crippen molar-refractivity contribution in [1.82, 2.24) is 9.91 Å². The van der Waals surface area contributed by atoms with Crippen molar-refractivity contribution in [3.05, 3.63) is 0 Å². The summed E-state index contributed by atoms with van der Waals surface area (Å²) in [5, 5.41) is 1.70. The second-order valence-corrected chi connectivity index (χ2v) is 10.9. The van der Waals surface area contributed by atoms with Gasteiger partial charge in [-0.05, 0) is 51.4 Å². The predicted molar refractivity (Wildman–Crippen MR) is 134 cm³/mol. The molecule has 4 saturated carbocycles. The van der Waals surface area contributed by atoms with Crippen LogP contribution < -0.4 is 11.6 Å². The maximum absolute atomic E-state index is 6.82. The fraction of sp³-hybridized carbons (Fsp3) is 0.923. The van der Waals surface area contributed by atoms with Crippen molar-refractivity contribution in [1.29, 1.82) is 0 Å². The summed E-state index contributed by atoms with van der Waals surface area (Å²) < 4.78 is 0. The van der Waals surface area contributed by atoms with Crippen LogP contribution in [0.3, 0.4) is 0 Å². The van der Waals surface area contributed by atoms with Crippen molar-refractivity contribution in [3.63, 3.8) is 0 Å². The Hall–Kier alpha value is -1.30. The minimum atomic E-state index is 0.323. The first-order valence-electron chi connectivity index (χ1n) is 14.0. The van der Waals surface area contributed by atoms with E-state index in [1.165, 1.54) is 116 Å². The molecule has 0 aliphatic heterocycles. The maximum Gasteiger partial charge on any atom is 0.219 e. The second-order valence-electron chi connectivity index (χ2n) is 10.9. The van der Waals surface area contributed by atoms with Crippen molar-refractivity contribution in [2.24, 2.45) is 21.6 Å². The normalized spacial score (nSPS) is 26.3. The highest BCUT2D eigenvalue weighted by Gasteiger charge is 2.35. The first-order chi connectivity index (χ1) is 15.7. The zero-order valence-electron chi connectivity index (χ0n) is 20.4. The molecule has 0 radical (unpaired) electrons. The van der Waals surface area contributed by atoms with E-state index in [1.807, 2.05) is 0 Å². The summed E-state index contributed by atoms with van der Waals surface area (Å²) in [4.78, 5) is 12.9. The average Bonchev–Trinajstić information content (AvgIpc) is 2.86. The molecule has 4 N–H and O–H groups in total. The van der Waals surface area contributed by atoms with Gasteiger partial charge in [-0.2, -0.15) is 0 Å². The number of nitrogens with zero attached hydrogens (tertiary/aromatic N) is 4. The molecule has 4 fully saturated rings. The third-order valence-electron chi connectivity index (χ3n) is 8.39. The molecule has 0 spiro atoms. The third-order valence-corrected chi connectivity index (χ3v) is 8.39. The summed E-state index contributed by atoms with van der Waals surface area (Å²) >= 11 is 0. The van der Waals surface area contributed by atoms with Gasteiger partial charge in [0.05, 0.1) is 12.1 Å². The van der Waals surface area contributed by atoms with Crippen LogP contribution in [-0.4, -0.2) is 46.0 Å². The number of rotatable bonds is 4. The molecule has 0 aromatic carbocycles. The van der Waals surface area contributed by atoms with Gasteiger partial charge in [-0.25, -0.2) is 20.8 Å². The van der Waals surface area contributed by atoms with E-state index >= 15 is 0 Å². The minimum absolute atomic E-state index is 0.323. The van der Waals surface area contributed by atoms with Gasteiger partial charge < -0.3 is 10.6 Å². The van der Waals surface area contributed by atoms with E-state index in [0.717, 1.165) is 18.8 Å². The molecule has 0 unspecified atom stereocenters. The van der Waals surface area contributed by atoms with Crippen molar-refractivity contribution in [2.45, 2.75) is 153 Å². The highest BCUT2D eigenvalue weighted by atomic mass is 15.6. The van der Waals surface area contributed by atoms with Crippen LogP contribution in [0, 0.1) is 0 Å². The molecule has 4 aliphatic carbocycles. The Labute approximate surface area is 196 Å². The number of guanidine groups is 2. The van der Waals surface area contributed by atoms with Crippen LogP contribution >= 0.6 is 0 Å². The topological polar surface area (TPSA) is 83.2 Å². The van der Waals surface area contributed by atoms with Crippen LogP contribution in [0.5, 0.6) is 0 Å². The highest BCUT2D eigenvalue weighted by molar-refractivity contribution is 5.97. The number of hydrazine groups is 1. The molecule has 32 heavy (non-hydrogen) atoms. The van der Waals surface area contributed by atoms with E-state index in [-0.39, 0.29) is 0 Å². The molecule has 0 saturated heterocycles. The Balaban J connectivity index is 1.63. The first-order valence-corrected chi connectivity index (χ1v) is 14.0. The van der Waals surface area contributed by atoms with E-state index in [0.29, 0.717) is 30.1 Å². The lowest BCUT2D eigenvalue weighted by Gasteiger charge is -2.45. The van der Waals surface area contributed by atoms with Crippen molar-refractivity contribution in [3.8, 4) is 0 Å². The fourth-order valence-electron chi connectivity index (χ4n) is 6.53. The summed E-state index contributed by atoms with van der Waals surface area (Å²) in [5.41, 5.74) is 6.59. The molecule has 6 nitrogen and oxygen atoms in total. The van der Waals surface area contributed by atoms with Gasteiger partial charge in [0.2, 0.25) is 11.9 Å². The zero-order chi connectivity index (χ0) is 22.2. The van der Waals surface area contributed by atoms with Gasteiger partial charge >= 0.3 is 0 Å². The van der Waals surface area contributed by atoms with Crippen molar-refractivity contribution in [2.75, 3.05) is 0 Å². The van der Waals surface area contributed by atoms with E-state index in [2.05, 4.69) is 4.90 Å². The van der Waals surface area contributed by atoms with Crippen LogP contribution in [0.1, 0.15) is 128 Å². The molecule has 0 heterocycles. The lowest BCUT2D eigenvalue weighted by molar-refractivity contribution is 0.143. The smallest absolute Gasteiger partial charge is 0.219 e. The van der Waals surface area contributed by atoms with Gasteiger partial charge in [-0.3, -0.25) is 0 Å². The fourth-order valence-corrected chi connectivity index (χ4v) is 6.53. The summed E-state index contributed by atoms with van der Waals surface area (Å²) in [6.07, 6.45) is 25.4. The van der Waals surface area contributed by atoms with Crippen molar-refractivity contribution >= 4 is 11.9 Å². The minimum Gasteiger partial charge on any atom is -0.368 e. The average molecular weight is 445 g/mol. The molecule has 6 heteroatoms. The standard InChI is InChI=1S/C26H48N6/c27-25(29-21-13-5-1-6-14-21)32(28)26(30-22-15-7-2-8-16-22)31(23-17-9-3-10-18-23)24-19-11-4-12-20-24/h21-24H,1-20,28H2,(H2,27,29). The summed E-state index contributed by atoms with van der Waals surface area (Å²) in [6, 6.07) is 1.79. The summed E-state index contributed by atoms with van der Waals surface area (Å²) in [5.74, 6) is 8.23. The van der Waals surface area contributed by atoms with E-state index in [1.54, 1.807) is 5.01 Å². The Bertz CT molecular complexity index is 590. The molecule has 182 valence electrons. The van der Waals surface area contributed by atoms with Crippen molar-refractivity contribution < 1.29 is 0 Å². The molecular weight excluding hydrogens is 396 g/mol. The van der Waals surface area contributed by atoms with Gasteiger partial charge in [0.15, 0.2) is 0 Å². The Morgan fingerprint density at radius 1 is 0.531 bits per heavy atom. The number of hydrogen-bond acceptors (Lipinski definition) is 3. The Kier molecular flexibility index (Phi) is 9.12. The molecule has 0 atom stereocenters. The molecule has 4 aliphatic rings. The number of hydrogen-bond donors (Lipinski definition) is 2. The largest absolute Gasteiger partial charge is 0.368 e. The van der Waals surface area contributed by atoms with Gasteiger partial charge in [-0.15, -0.1) is 0 Å². The van der Waals surface area contributed by atoms with Crippen LogP contribution in [0.2, 0.25) is 0 Å². The van der Waals surface area contributed by atoms with Crippen LogP contribution in [0.15, 0.2) is 9.98 Å². The van der Waals surface area contributed by atoms with Gasteiger partial charge in [0.25, 0.3) is 0 Å². The van der Waals surface area contributed by atoms with Gasteiger partial charge in [-0.1, -0.05) is 77.0 Å². The number of aliphatic imine (C=N–C) groups is 2. The highest BCUT2D eigenvalue weighted by Crippen LogP contribution is 2.32. The first kappa shape index (κ1) is 23.8. The molecule has 0 bridgehead atoms. The zero-order valence-corrected chi connectivity index (χ0v) is 20.4. The lowest BCUT2D eigenvalue weighted by Crippen LogP contribution is -2.60. The van der Waals surface area contributed by atoms with E-state index < -0.39 is 0 Å². The SMILES string of the molecule is NC(=NC1CCCCC1)N(N)C(=NC1CCCCC1)N(C1CCCCC1)C1CCCCC1. The van der Waals surface area contributed by atoms with E-state index in [4.69, 9.17) is 21.6 Å². The molecule has 0 aromatic rings. The molecule has 4 rings (SSSR count). The number of nitrogens with two attached hydrogens (primary N) is 2. The second kappa shape index (κ2) is 12.2. The summed E-state index contributed by atoms with van der Waals surface area (Å²) in [7, 11) is 0. The van der Waals surface area contributed by atoms with Gasteiger partial charge in [0.1, 0.15) is 0 Å². The van der Waals surface area contributed by atoms with Gasteiger partial charge in [0, 0.05) is 12.1 Å². The quantitative estimate of drug-likeness (QED) is 0.261. The summed E-state index contributed by atoms with van der Waals surface area (Å²) in [6.45, 7) is 0. The van der Waals surface area contributed by atoms with Crippen LogP contribution in [0.25, 0.3) is 0 Å². The van der Waals surface area contributed by atoms with Crippen LogP contribution in [-0.2, 0) is 0 Å². The third kappa shape index (κ3) is 6.39. The van der Waals surface area contributed by atoms with Crippen LogP contribution in [0.4, 0.5) is 0 Å². The maximum atomic E-state index is 6.82. The Morgan fingerprint density at radius 3 is 1.34 bits per heavy atom. The molecular formula is C26H48N6. The monoisotopic (exact) mass is 444 g/mol. The molecule has 0 amide bonds. The Morgan fingerprint density at radius 2 is 0.906 bits per heavy atom. The van der Waals surface area contributed by atoms with E-state index in [9.17, 15) is 0 Å². The predicted octanol–water partition coefficient (Wildman–Crippen LogP) is 5.47.